The molecule has 3 nitrogen and oxygen atoms in total. The molecule has 0 bridgehead atoms. The van der Waals surface area contributed by atoms with Gasteiger partial charge in [0.1, 0.15) is 0 Å². The smallest absolute Gasteiger partial charge is 0.226 e. The van der Waals surface area contributed by atoms with Gasteiger partial charge in [0, 0.05) is 13.5 Å². The first kappa shape index (κ1) is 9.71. The van der Waals surface area contributed by atoms with Crippen LogP contribution in [0, 0.1) is 5.92 Å². The molecule has 70 valence electrons. The Morgan fingerprint density at radius 3 is 2.85 bits per heavy atom. The van der Waals surface area contributed by atoms with Crippen molar-refractivity contribution in [3.05, 3.63) is 23.8 Å². The first-order chi connectivity index (χ1) is 6.15. The Balaban J connectivity index is 2.72. The van der Waals surface area contributed by atoms with Crippen molar-refractivity contribution < 1.29 is 9.59 Å². The number of ketones is 1. The molecule has 0 fully saturated rings. The summed E-state index contributed by atoms with van der Waals surface area (Å²) in [5.41, 5.74) is 0.881. The van der Waals surface area contributed by atoms with Crippen molar-refractivity contribution in [1.29, 1.82) is 0 Å². The van der Waals surface area contributed by atoms with E-state index in [0.29, 0.717) is 6.42 Å². The number of hydrogen-bond donors (Lipinski definition) is 1. The quantitative estimate of drug-likeness (QED) is 0.682. The number of hydrogen-bond acceptors (Lipinski definition) is 2. The van der Waals surface area contributed by atoms with E-state index in [1.807, 2.05) is 6.08 Å². The third-order valence-electron chi connectivity index (χ3n) is 2.17. The van der Waals surface area contributed by atoms with Crippen molar-refractivity contribution in [1.82, 2.24) is 5.32 Å². The SMILES string of the molecule is CNC(=O)C(C)C1=CC=CC(=O)C1. The lowest BCUT2D eigenvalue weighted by atomic mass is 9.92. The molecule has 0 spiro atoms. The van der Waals surface area contributed by atoms with Crippen LogP contribution in [0.4, 0.5) is 0 Å². The highest BCUT2D eigenvalue weighted by molar-refractivity contribution is 5.94. The monoisotopic (exact) mass is 179 g/mol. The molecule has 0 aliphatic heterocycles. The summed E-state index contributed by atoms with van der Waals surface area (Å²) in [5, 5.41) is 2.56. The van der Waals surface area contributed by atoms with Gasteiger partial charge in [-0.05, 0) is 13.0 Å². The Hall–Kier alpha value is -1.38. The second-order valence-corrected chi connectivity index (χ2v) is 3.08. The minimum atomic E-state index is -0.209. The molecule has 3 heteroatoms. The molecular formula is C10H13NO2. The zero-order valence-electron chi connectivity index (χ0n) is 7.83. The second kappa shape index (κ2) is 4.03. The van der Waals surface area contributed by atoms with Crippen LogP contribution in [-0.2, 0) is 9.59 Å². The lowest BCUT2D eigenvalue weighted by molar-refractivity contribution is -0.123. The van der Waals surface area contributed by atoms with Crippen LogP contribution in [0.25, 0.3) is 0 Å². The van der Waals surface area contributed by atoms with E-state index in [9.17, 15) is 9.59 Å². The fourth-order valence-corrected chi connectivity index (χ4v) is 1.28. The summed E-state index contributed by atoms with van der Waals surface area (Å²) in [7, 11) is 1.60. The lowest BCUT2D eigenvalue weighted by Crippen LogP contribution is -2.27. The van der Waals surface area contributed by atoms with Crippen LogP contribution in [0.1, 0.15) is 13.3 Å². The van der Waals surface area contributed by atoms with Gasteiger partial charge in [0.05, 0.1) is 5.92 Å². The Morgan fingerprint density at radius 1 is 1.62 bits per heavy atom. The largest absolute Gasteiger partial charge is 0.359 e. The van der Waals surface area contributed by atoms with Crippen molar-refractivity contribution in [2.75, 3.05) is 7.05 Å². The van der Waals surface area contributed by atoms with Crippen LogP contribution >= 0.6 is 0 Å². The Bertz CT molecular complexity index is 289. The van der Waals surface area contributed by atoms with E-state index in [0.717, 1.165) is 5.57 Å². The summed E-state index contributed by atoms with van der Waals surface area (Å²) >= 11 is 0. The van der Waals surface area contributed by atoms with E-state index in [4.69, 9.17) is 0 Å². The van der Waals surface area contributed by atoms with Crippen molar-refractivity contribution in [2.24, 2.45) is 5.92 Å². The number of carbonyl (C=O) groups excluding carboxylic acids is 2. The molecule has 1 N–H and O–H groups in total. The maximum Gasteiger partial charge on any atom is 0.226 e. The number of allylic oxidation sites excluding steroid dienone is 3. The van der Waals surface area contributed by atoms with E-state index in [1.165, 1.54) is 6.08 Å². The molecule has 1 unspecified atom stereocenters. The number of rotatable bonds is 2. The predicted octanol–water partition coefficient (Wildman–Crippen LogP) is 0.824. The first-order valence-electron chi connectivity index (χ1n) is 4.26. The Morgan fingerprint density at radius 2 is 2.31 bits per heavy atom. The molecule has 0 aromatic heterocycles. The predicted molar refractivity (Wildman–Crippen MR) is 50.1 cm³/mol. The third-order valence-corrected chi connectivity index (χ3v) is 2.17. The van der Waals surface area contributed by atoms with E-state index in [2.05, 4.69) is 5.32 Å². The molecule has 1 rings (SSSR count). The molecular weight excluding hydrogens is 166 g/mol. The Labute approximate surface area is 77.5 Å². The Kier molecular flexibility index (Phi) is 3.01. The van der Waals surface area contributed by atoms with Gasteiger partial charge in [-0.15, -0.1) is 0 Å². The molecule has 0 saturated carbocycles. The third kappa shape index (κ3) is 2.28. The van der Waals surface area contributed by atoms with Gasteiger partial charge in [-0.1, -0.05) is 17.7 Å². The molecule has 0 saturated heterocycles. The lowest BCUT2D eigenvalue weighted by Gasteiger charge is -2.14. The van der Waals surface area contributed by atoms with Crippen molar-refractivity contribution in [2.45, 2.75) is 13.3 Å². The van der Waals surface area contributed by atoms with Gasteiger partial charge in [-0.3, -0.25) is 9.59 Å². The molecule has 0 radical (unpaired) electrons. The van der Waals surface area contributed by atoms with Crippen LogP contribution in [-0.4, -0.2) is 18.7 Å². The number of amides is 1. The molecule has 0 aromatic carbocycles. The molecule has 0 heterocycles. The van der Waals surface area contributed by atoms with Crippen LogP contribution in [0.3, 0.4) is 0 Å². The summed E-state index contributed by atoms with van der Waals surface area (Å²) < 4.78 is 0. The minimum Gasteiger partial charge on any atom is -0.359 e. The minimum absolute atomic E-state index is 0.0469. The molecule has 1 amide bonds. The number of nitrogens with one attached hydrogen (secondary N) is 1. The van der Waals surface area contributed by atoms with Crippen LogP contribution < -0.4 is 5.32 Å². The van der Waals surface area contributed by atoms with Gasteiger partial charge < -0.3 is 5.32 Å². The van der Waals surface area contributed by atoms with Crippen LogP contribution in [0.2, 0.25) is 0 Å². The highest BCUT2D eigenvalue weighted by atomic mass is 16.1. The maximum absolute atomic E-state index is 11.2. The maximum atomic E-state index is 11.2. The van der Waals surface area contributed by atoms with Crippen LogP contribution in [0.15, 0.2) is 23.8 Å². The van der Waals surface area contributed by atoms with Gasteiger partial charge in [-0.2, -0.15) is 0 Å². The number of carbonyl (C=O) groups is 2. The van der Waals surface area contributed by atoms with Crippen molar-refractivity contribution in [3.63, 3.8) is 0 Å². The van der Waals surface area contributed by atoms with E-state index < -0.39 is 0 Å². The summed E-state index contributed by atoms with van der Waals surface area (Å²) in [4.78, 5) is 22.3. The average molecular weight is 179 g/mol. The van der Waals surface area contributed by atoms with E-state index in [1.54, 1.807) is 20.0 Å². The van der Waals surface area contributed by atoms with Gasteiger partial charge >= 0.3 is 0 Å². The normalized spacial score (nSPS) is 18.0. The first-order valence-corrected chi connectivity index (χ1v) is 4.26. The highest BCUT2D eigenvalue weighted by Crippen LogP contribution is 2.18. The van der Waals surface area contributed by atoms with E-state index >= 15 is 0 Å². The van der Waals surface area contributed by atoms with Gasteiger partial charge in [0.25, 0.3) is 0 Å². The molecule has 0 aromatic rings. The summed E-state index contributed by atoms with van der Waals surface area (Å²) in [6.07, 6.45) is 5.42. The average Bonchev–Trinajstić information content (AvgIpc) is 2.15. The highest BCUT2D eigenvalue weighted by Gasteiger charge is 2.18. The van der Waals surface area contributed by atoms with Gasteiger partial charge in [0.2, 0.25) is 5.91 Å². The topological polar surface area (TPSA) is 46.2 Å². The van der Waals surface area contributed by atoms with Crippen molar-refractivity contribution >= 4 is 11.7 Å². The zero-order valence-corrected chi connectivity index (χ0v) is 7.83. The van der Waals surface area contributed by atoms with Crippen molar-refractivity contribution in [3.8, 4) is 0 Å². The molecule has 1 aliphatic carbocycles. The molecule has 1 aliphatic rings. The summed E-state index contributed by atoms with van der Waals surface area (Å²) in [6.45, 7) is 1.80. The summed E-state index contributed by atoms with van der Waals surface area (Å²) in [5.74, 6) is -0.193. The zero-order chi connectivity index (χ0) is 9.84. The fourth-order valence-electron chi connectivity index (χ4n) is 1.28. The standard InChI is InChI=1S/C10H13NO2/c1-7(10(13)11-2)8-4-3-5-9(12)6-8/h3-5,7H,6H2,1-2H3,(H,11,13). The van der Waals surface area contributed by atoms with E-state index in [-0.39, 0.29) is 17.6 Å². The second-order valence-electron chi connectivity index (χ2n) is 3.08. The van der Waals surface area contributed by atoms with Crippen LogP contribution in [0.5, 0.6) is 0 Å². The fraction of sp³-hybridized carbons (Fsp3) is 0.400. The van der Waals surface area contributed by atoms with Gasteiger partial charge in [0.15, 0.2) is 5.78 Å². The summed E-state index contributed by atoms with van der Waals surface area (Å²) in [6, 6.07) is 0. The molecule has 13 heavy (non-hydrogen) atoms. The van der Waals surface area contributed by atoms with Gasteiger partial charge in [-0.25, -0.2) is 0 Å². The molecule has 1 atom stereocenters.